The van der Waals surface area contributed by atoms with Gasteiger partial charge in [0, 0.05) is 32.3 Å². The molecule has 116 valence electrons. The second-order valence-corrected chi connectivity index (χ2v) is 5.49. The average Bonchev–Trinajstić information content (AvgIpc) is 2.95. The second kappa shape index (κ2) is 7.31. The summed E-state index contributed by atoms with van der Waals surface area (Å²) in [5, 5.41) is 6.64. The van der Waals surface area contributed by atoms with E-state index in [1.165, 1.54) is 0 Å². The minimum absolute atomic E-state index is 0.0813. The molecule has 21 heavy (non-hydrogen) atoms. The van der Waals surface area contributed by atoms with E-state index in [-0.39, 0.29) is 5.60 Å². The predicted octanol–water partition coefficient (Wildman–Crippen LogP) is 1.93. The standard InChI is InChI=1S/C16H25N3O2/c1-16(9-6-10-21-16)12-19-15(17-2)18-11-13-7-4-5-8-14(13)20-3/h4-5,7-8H,6,9-12H2,1-3H3,(H2,17,18,19). The minimum atomic E-state index is -0.0813. The van der Waals surface area contributed by atoms with Crippen molar-refractivity contribution in [3.05, 3.63) is 29.8 Å². The van der Waals surface area contributed by atoms with Gasteiger partial charge in [-0.15, -0.1) is 0 Å². The first kappa shape index (κ1) is 15.6. The molecule has 5 heteroatoms. The molecule has 0 aromatic heterocycles. The summed E-state index contributed by atoms with van der Waals surface area (Å²) in [6.45, 7) is 4.42. The Morgan fingerprint density at radius 1 is 1.38 bits per heavy atom. The van der Waals surface area contributed by atoms with Crippen molar-refractivity contribution in [1.29, 1.82) is 0 Å². The highest BCUT2D eigenvalue weighted by Crippen LogP contribution is 2.23. The number of hydrogen-bond acceptors (Lipinski definition) is 3. The first-order valence-corrected chi connectivity index (χ1v) is 7.37. The quantitative estimate of drug-likeness (QED) is 0.643. The summed E-state index contributed by atoms with van der Waals surface area (Å²) >= 11 is 0. The Balaban J connectivity index is 1.85. The first-order chi connectivity index (χ1) is 10.2. The van der Waals surface area contributed by atoms with Crippen LogP contribution in [-0.4, -0.2) is 38.9 Å². The summed E-state index contributed by atoms with van der Waals surface area (Å²) in [7, 11) is 3.46. The fourth-order valence-electron chi connectivity index (χ4n) is 2.50. The molecule has 1 aliphatic rings. The van der Waals surface area contributed by atoms with Gasteiger partial charge in [0.2, 0.25) is 0 Å². The number of nitrogens with one attached hydrogen (secondary N) is 2. The Kier molecular flexibility index (Phi) is 5.44. The normalized spacial score (nSPS) is 22.1. The molecule has 2 N–H and O–H groups in total. The number of benzene rings is 1. The molecule has 0 amide bonds. The third-order valence-electron chi connectivity index (χ3n) is 3.79. The zero-order valence-electron chi connectivity index (χ0n) is 13.1. The first-order valence-electron chi connectivity index (χ1n) is 7.37. The maximum absolute atomic E-state index is 5.77. The predicted molar refractivity (Wildman–Crippen MR) is 84.8 cm³/mol. The molecule has 0 saturated carbocycles. The number of methoxy groups -OCH3 is 1. The number of hydrogen-bond donors (Lipinski definition) is 2. The third-order valence-corrected chi connectivity index (χ3v) is 3.79. The van der Waals surface area contributed by atoms with Gasteiger partial charge < -0.3 is 20.1 Å². The zero-order chi connectivity index (χ0) is 15.1. The van der Waals surface area contributed by atoms with Crippen LogP contribution in [0.5, 0.6) is 5.75 Å². The molecule has 1 saturated heterocycles. The Hall–Kier alpha value is -1.75. The van der Waals surface area contributed by atoms with Crippen LogP contribution in [0.3, 0.4) is 0 Å². The number of para-hydroxylation sites is 1. The summed E-state index contributed by atoms with van der Waals surface area (Å²) in [5.74, 6) is 1.66. The zero-order valence-corrected chi connectivity index (χ0v) is 13.1. The van der Waals surface area contributed by atoms with E-state index in [0.717, 1.165) is 43.3 Å². The SMILES string of the molecule is CN=C(NCc1ccccc1OC)NCC1(C)CCCO1. The van der Waals surface area contributed by atoms with Crippen molar-refractivity contribution in [2.24, 2.45) is 4.99 Å². The van der Waals surface area contributed by atoms with E-state index in [4.69, 9.17) is 9.47 Å². The van der Waals surface area contributed by atoms with E-state index in [9.17, 15) is 0 Å². The third kappa shape index (κ3) is 4.36. The summed E-state index contributed by atoms with van der Waals surface area (Å²) in [5.41, 5.74) is 1.02. The molecule has 1 atom stereocenters. The molecule has 2 rings (SSSR count). The molecule has 0 bridgehead atoms. The van der Waals surface area contributed by atoms with Crippen LogP contribution in [0.1, 0.15) is 25.3 Å². The largest absolute Gasteiger partial charge is 0.496 e. The van der Waals surface area contributed by atoms with Crippen LogP contribution in [0.4, 0.5) is 0 Å². The smallest absolute Gasteiger partial charge is 0.191 e. The van der Waals surface area contributed by atoms with Gasteiger partial charge in [0.25, 0.3) is 0 Å². The second-order valence-electron chi connectivity index (χ2n) is 5.49. The van der Waals surface area contributed by atoms with Gasteiger partial charge in [-0.05, 0) is 25.8 Å². The van der Waals surface area contributed by atoms with Gasteiger partial charge in [-0.2, -0.15) is 0 Å². The number of nitrogens with zero attached hydrogens (tertiary/aromatic N) is 1. The molecule has 0 aliphatic carbocycles. The van der Waals surface area contributed by atoms with Crippen molar-refractivity contribution >= 4 is 5.96 Å². The molecule has 1 heterocycles. The lowest BCUT2D eigenvalue weighted by Gasteiger charge is -2.24. The van der Waals surface area contributed by atoms with Crippen LogP contribution < -0.4 is 15.4 Å². The van der Waals surface area contributed by atoms with Gasteiger partial charge >= 0.3 is 0 Å². The molecule has 0 spiro atoms. The summed E-state index contributed by atoms with van der Waals surface area (Å²) < 4.78 is 11.1. The van der Waals surface area contributed by atoms with Crippen molar-refractivity contribution in [2.75, 3.05) is 27.3 Å². The van der Waals surface area contributed by atoms with E-state index in [1.807, 2.05) is 24.3 Å². The lowest BCUT2D eigenvalue weighted by Crippen LogP contribution is -2.45. The molecule has 1 aliphatic heterocycles. The van der Waals surface area contributed by atoms with Gasteiger partial charge in [-0.3, -0.25) is 4.99 Å². The van der Waals surface area contributed by atoms with Gasteiger partial charge in [-0.1, -0.05) is 18.2 Å². The van der Waals surface area contributed by atoms with Crippen molar-refractivity contribution in [3.8, 4) is 5.75 Å². The molecule has 1 aromatic rings. The fourth-order valence-corrected chi connectivity index (χ4v) is 2.50. The van der Waals surface area contributed by atoms with Crippen molar-refractivity contribution in [2.45, 2.75) is 31.9 Å². The Morgan fingerprint density at radius 3 is 2.86 bits per heavy atom. The van der Waals surface area contributed by atoms with E-state index in [2.05, 4.69) is 22.5 Å². The summed E-state index contributed by atoms with van der Waals surface area (Å²) in [4.78, 5) is 4.25. The number of guanidine groups is 1. The van der Waals surface area contributed by atoms with Crippen molar-refractivity contribution < 1.29 is 9.47 Å². The van der Waals surface area contributed by atoms with Crippen molar-refractivity contribution in [1.82, 2.24) is 10.6 Å². The number of aliphatic imine (C=N–C) groups is 1. The maximum Gasteiger partial charge on any atom is 0.191 e. The average molecular weight is 291 g/mol. The topological polar surface area (TPSA) is 54.9 Å². The lowest BCUT2D eigenvalue weighted by molar-refractivity contribution is 0.0243. The van der Waals surface area contributed by atoms with Crippen LogP contribution in [0, 0.1) is 0 Å². The molecular formula is C16H25N3O2. The molecular weight excluding hydrogens is 266 g/mol. The van der Waals surface area contributed by atoms with Gasteiger partial charge in [0.15, 0.2) is 5.96 Å². The summed E-state index contributed by atoms with van der Waals surface area (Å²) in [6, 6.07) is 7.97. The van der Waals surface area contributed by atoms with Gasteiger partial charge in [0.1, 0.15) is 5.75 Å². The molecule has 0 radical (unpaired) electrons. The van der Waals surface area contributed by atoms with Crippen LogP contribution >= 0.6 is 0 Å². The Bertz CT molecular complexity index is 482. The highest BCUT2D eigenvalue weighted by Gasteiger charge is 2.29. The van der Waals surface area contributed by atoms with E-state index in [1.54, 1.807) is 14.2 Å². The van der Waals surface area contributed by atoms with Gasteiger partial charge in [-0.25, -0.2) is 0 Å². The molecule has 1 aromatic carbocycles. The lowest BCUT2D eigenvalue weighted by atomic mass is 10.0. The fraction of sp³-hybridized carbons (Fsp3) is 0.562. The maximum atomic E-state index is 5.77. The van der Waals surface area contributed by atoms with Crippen LogP contribution in [0.15, 0.2) is 29.3 Å². The molecule has 1 unspecified atom stereocenters. The molecule has 1 fully saturated rings. The molecule has 5 nitrogen and oxygen atoms in total. The van der Waals surface area contributed by atoms with E-state index >= 15 is 0 Å². The van der Waals surface area contributed by atoms with Crippen molar-refractivity contribution in [3.63, 3.8) is 0 Å². The van der Waals surface area contributed by atoms with E-state index < -0.39 is 0 Å². The van der Waals surface area contributed by atoms with Crippen LogP contribution in [0.2, 0.25) is 0 Å². The Morgan fingerprint density at radius 2 is 2.19 bits per heavy atom. The Labute approximate surface area is 126 Å². The highest BCUT2D eigenvalue weighted by atomic mass is 16.5. The monoisotopic (exact) mass is 291 g/mol. The van der Waals surface area contributed by atoms with E-state index in [0.29, 0.717) is 6.54 Å². The van der Waals surface area contributed by atoms with Crippen LogP contribution in [-0.2, 0) is 11.3 Å². The highest BCUT2D eigenvalue weighted by molar-refractivity contribution is 5.79. The number of ether oxygens (including phenoxy) is 2. The minimum Gasteiger partial charge on any atom is -0.496 e. The number of rotatable bonds is 5. The van der Waals surface area contributed by atoms with Crippen LogP contribution in [0.25, 0.3) is 0 Å². The summed E-state index contributed by atoms with van der Waals surface area (Å²) in [6.07, 6.45) is 2.22. The van der Waals surface area contributed by atoms with Gasteiger partial charge in [0.05, 0.1) is 12.7 Å².